The van der Waals surface area contributed by atoms with E-state index in [1.54, 1.807) is 0 Å². The zero-order chi connectivity index (χ0) is 12.8. The number of rotatable bonds is 6. The average molecular weight is 298 g/mol. The Bertz CT molecular complexity index is 327. The average Bonchev–Trinajstić information content (AvgIpc) is 2.22. The first kappa shape index (κ1) is 14.7. The van der Waals surface area contributed by atoms with Gasteiger partial charge < -0.3 is 5.32 Å². The predicted octanol–water partition coefficient (Wildman–Crippen LogP) is 4.84. The molecule has 0 saturated heterocycles. The summed E-state index contributed by atoms with van der Waals surface area (Å²) in [5.41, 5.74) is 2.71. The molecule has 0 aliphatic carbocycles. The van der Waals surface area contributed by atoms with E-state index >= 15 is 0 Å². The van der Waals surface area contributed by atoms with Crippen LogP contribution in [0.15, 0.2) is 22.7 Å². The standard InChI is InChI=1S/C15H24BrN/c1-11(2)6-5-7-15(17-4)13-8-12(3)9-14(16)10-13/h8-11,15,17H,5-7H2,1-4H3. The van der Waals surface area contributed by atoms with Crippen LogP contribution in [-0.2, 0) is 0 Å². The van der Waals surface area contributed by atoms with Crippen molar-refractivity contribution in [3.8, 4) is 0 Å². The highest BCUT2D eigenvalue weighted by molar-refractivity contribution is 9.10. The number of hydrogen-bond donors (Lipinski definition) is 1. The van der Waals surface area contributed by atoms with Gasteiger partial charge in [-0.15, -0.1) is 0 Å². The van der Waals surface area contributed by atoms with Gasteiger partial charge in [-0.2, -0.15) is 0 Å². The molecule has 96 valence electrons. The van der Waals surface area contributed by atoms with Crippen molar-refractivity contribution in [3.05, 3.63) is 33.8 Å². The Kier molecular flexibility index (Phi) is 6.21. The summed E-state index contributed by atoms with van der Waals surface area (Å²) >= 11 is 3.57. The maximum atomic E-state index is 3.57. The Morgan fingerprint density at radius 1 is 1.18 bits per heavy atom. The zero-order valence-corrected chi connectivity index (χ0v) is 13.0. The van der Waals surface area contributed by atoms with E-state index in [0.29, 0.717) is 6.04 Å². The molecule has 0 heterocycles. The van der Waals surface area contributed by atoms with Gasteiger partial charge in [0.25, 0.3) is 0 Å². The molecule has 1 aromatic rings. The van der Waals surface area contributed by atoms with Crippen LogP contribution in [0.25, 0.3) is 0 Å². The molecular weight excluding hydrogens is 274 g/mol. The molecule has 0 radical (unpaired) electrons. The Labute approximate surface area is 114 Å². The highest BCUT2D eigenvalue weighted by atomic mass is 79.9. The van der Waals surface area contributed by atoms with E-state index in [-0.39, 0.29) is 0 Å². The minimum Gasteiger partial charge on any atom is -0.313 e. The second-order valence-corrected chi connectivity index (χ2v) is 6.14. The van der Waals surface area contributed by atoms with Gasteiger partial charge in [0.05, 0.1) is 0 Å². The minimum atomic E-state index is 0.477. The van der Waals surface area contributed by atoms with E-state index in [0.717, 1.165) is 5.92 Å². The van der Waals surface area contributed by atoms with E-state index < -0.39 is 0 Å². The molecule has 0 bridgehead atoms. The summed E-state index contributed by atoms with van der Waals surface area (Å²) in [6.45, 7) is 6.73. The molecule has 17 heavy (non-hydrogen) atoms. The van der Waals surface area contributed by atoms with Crippen LogP contribution in [-0.4, -0.2) is 7.05 Å². The third-order valence-electron chi connectivity index (χ3n) is 3.09. The lowest BCUT2D eigenvalue weighted by Gasteiger charge is -2.18. The van der Waals surface area contributed by atoms with Crippen LogP contribution in [0.5, 0.6) is 0 Å². The summed E-state index contributed by atoms with van der Waals surface area (Å²) in [7, 11) is 2.05. The van der Waals surface area contributed by atoms with Crippen molar-refractivity contribution in [1.82, 2.24) is 5.32 Å². The largest absolute Gasteiger partial charge is 0.313 e. The third-order valence-corrected chi connectivity index (χ3v) is 3.55. The topological polar surface area (TPSA) is 12.0 Å². The maximum Gasteiger partial charge on any atom is 0.0318 e. The minimum absolute atomic E-state index is 0.477. The second kappa shape index (κ2) is 7.17. The fourth-order valence-corrected chi connectivity index (χ4v) is 2.80. The molecule has 0 fully saturated rings. The lowest BCUT2D eigenvalue weighted by atomic mass is 9.97. The molecule has 1 unspecified atom stereocenters. The number of aryl methyl sites for hydroxylation is 1. The summed E-state index contributed by atoms with van der Waals surface area (Å²) in [5, 5.41) is 3.43. The van der Waals surface area contributed by atoms with E-state index in [2.05, 4.69) is 67.3 Å². The van der Waals surface area contributed by atoms with Crippen molar-refractivity contribution in [2.45, 2.75) is 46.1 Å². The van der Waals surface area contributed by atoms with Crippen molar-refractivity contribution in [2.24, 2.45) is 5.92 Å². The molecule has 0 aliphatic heterocycles. The van der Waals surface area contributed by atoms with Crippen LogP contribution in [0, 0.1) is 12.8 Å². The van der Waals surface area contributed by atoms with Gasteiger partial charge in [0, 0.05) is 10.5 Å². The Morgan fingerprint density at radius 2 is 1.88 bits per heavy atom. The smallest absolute Gasteiger partial charge is 0.0318 e. The molecule has 2 heteroatoms. The number of nitrogens with one attached hydrogen (secondary N) is 1. The fourth-order valence-electron chi connectivity index (χ4n) is 2.17. The van der Waals surface area contributed by atoms with E-state index in [4.69, 9.17) is 0 Å². The summed E-state index contributed by atoms with van der Waals surface area (Å²) in [4.78, 5) is 0. The van der Waals surface area contributed by atoms with Crippen LogP contribution < -0.4 is 5.32 Å². The number of halogens is 1. The van der Waals surface area contributed by atoms with Gasteiger partial charge >= 0.3 is 0 Å². The maximum absolute atomic E-state index is 3.57. The Balaban J connectivity index is 2.65. The van der Waals surface area contributed by atoms with Crippen LogP contribution >= 0.6 is 15.9 Å². The van der Waals surface area contributed by atoms with Crippen molar-refractivity contribution in [1.29, 1.82) is 0 Å². The summed E-state index contributed by atoms with van der Waals surface area (Å²) in [6.07, 6.45) is 3.81. The molecule has 1 rings (SSSR count). The molecule has 0 aromatic heterocycles. The quantitative estimate of drug-likeness (QED) is 0.792. The van der Waals surface area contributed by atoms with Crippen LogP contribution in [0.1, 0.15) is 50.3 Å². The van der Waals surface area contributed by atoms with E-state index in [9.17, 15) is 0 Å². The van der Waals surface area contributed by atoms with Crippen LogP contribution in [0.4, 0.5) is 0 Å². The molecule has 1 aromatic carbocycles. The number of benzene rings is 1. The molecule has 1 N–H and O–H groups in total. The van der Waals surface area contributed by atoms with Gasteiger partial charge in [-0.05, 0) is 49.6 Å². The summed E-state index contributed by atoms with van der Waals surface area (Å²) < 4.78 is 1.18. The normalized spacial score (nSPS) is 13.1. The van der Waals surface area contributed by atoms with Gasteiger partial charge in [0.2, 0.25) is 0 Å². The van der Waals surface area contributed by atoms with Gasteiger partial charge in [0.15, 0.2) is 0 Å². The Morgan fingerprint density at radius 3 is 2.41 bits per heavy atom. The molecular formula is C15H24BrN. The highest BCUT2D eigenvalue weighted by Crippen LogP contribution is 2.24. The first-order valence-electron chi connectivity index (χ1n) is 6.47. The highest BCUT2D eigenvalue weighted by Gasteiger charge is 2.10. The summed E-state index contributed by atoms with van der Waals surface area (Å²) in [6, 6.07) is 7.14. The first-order valence-corrected chi connectivity index (χ1v) is 7.26. The molecule has 0 spiro atoms. The first-order chi connectivity index (χ1) is 8.02. The lowest BCUT2D eigenvalue weighted by Crippen LogP contribution is -2.16. The molecule has 1 atom stereocenters. The van der Waals surface area contributed by atoms with E-state index in [1.807, 2.05) is 0 Å². The van der Waals surface area contributed by atoms with Gasteiger partial charge in [-0.1, -0.05) is 48.7 Å². The zero-order valence-electron chi connectivity index (χ0n) is 11.4. The lowest BCUT2D eigenvalue weighted by molar-refractivity contribution is 0.470. The predicted molar refractivity (Wildman–Crippen MR) is 79.4 cm³/mol. The van der Waals surface area contributed by atoms with Crippen molar-refractivity contribution in [2.75, 3.05) is 7.05 Å². The van der Waals surface area contributed by atoms with Crippen LogP contribution in [0.2, 0.25) is 0 Å². The molecule has 1 nitrogen and oxygen atoms in total. The molecule has 0 aliphatic rings. The van der Waals surface area contributed by atoms with Gasteiger partial charge in [-0.3, -0.25) is 0 Å². The van der Waals surface area contributed by atoms with Crippen LogP contribution in [0.3, 0.4) is 0 Å². The van der Waals surface area contributed by atoms with Gasteiger partial charge in [-0.25, -0.2) is 0 Å². The monoisotopic (exact) mass is 297 g/mol. The van der Waals surface area contributed by atoms with E-state index in [1.165, 1.54) is 34.9 Å². The third kappa shape index (κ3) is 5.22. The SMILES string of the molecule is CNC(CCCC(C)C)c1cc(C)cc(Br)c1. The van der Waals surface area contributed by atoms with Crippen molar-refractivity contribution >= 4 is 15.9 Å². The number of hydrogen-bond acceptors (Lipinski definition) is 1. The van der Waals surface area contributed by atoms with Gasteiger partial charge in [0.1, 0.15) is 0 Å². The van der Waals surface area contributed by atoms with Crippen molar-refractivity contribution < 1.29 is 0 Å². The second-order valence-electron chi connectivity index (χ2n) is 5.23. The Hall–Kier alpha value is -0.340. The molecule has 0 amide bonds. The summed E-state index contributed by atoms with van der Waals surface area (Å²) in [5.74, 6) is 0.803. The molecule has 0 saturated carbocycles. The van der Waals surface area contributed by atoms with Crippen molar-refractivity contribution in [3.63, 3.8) is 0 Å². The fraction of sp³-hybridized carbons (Fsp3) is 0.600.